The predicted molar refractivity (Wildman–Crippen MR) is 116 cm³/mol. The summed E-state index contributed by atoms with van der Waals surface area (Å²) in [6.45, 7) is 0.438. The summed E-state index contributed by atoms with van der Waals surface area (Å²) in [5.41, 5.74) is 1.48. The molecule has 0 aliphatic carbocycles. The Bertz CT molecular complexity index is 1270. The molecule has 150 valence electrons. The molecule has 0 saturated carbocycles. The first-order valence-corrected chi connectivity index (χ1v) is 9.54. The van der Waals surface area contributed by atoms with Crippen LogP contribution in [0.1, 0.15) is 16.1 Å². The summed E-state index contributed by atoms with van der Waals surface area (Å²) in [4.78, 5) is 28.0. The second-order valence-corrected chi connectivity index (χ2v) is 6.96. The summed E-state index contributed by atoms with van der Waals surface area (Å²) in [5, 5.41) is 5.44. The van der Waals surface area contributed by atoms with Crippen LogP contribution in [0.5, 0.6) is 5.75 Å². The second kappa shape index (κ2) is 8.21. The molecule has 1 aromatic heterocycles. The van der Waals surface area contributed by atoms with Gasteiger partial charge < -0.3 is 9.64 Å². The Hall–Kier alpha value is -3.93. The molecule has 1 amide bonds. The molecular weight excluding hydrogens is 378 g/mol. The second-order valence-electron chi connectivity index (χ2n) is 6.96. The molecule has 0 aliphatic rings. The van der Waals surface area contributed by atoms with E-state index in [-0.39, 0.29) is 17.2 Å². The highest BCUT2D eigenvalue weighted by molar-refractivity contribution is 6.04. The number of rotatable bonds is 5. The summed E-state index contributed by atoms with van der Waals surface area (Å²) in [6, 6.07) is 23.8. The van der Waals surface area contributed by atoms with E-state index in [0.717, 1.165) is 5.56 Å². The number of hydrogen-bond donors (Lipinski definition) is 0. The number of fused-ring (bicyclic) bond motifs is 1. The van der Waals surface area contributed by atoms with E-state index in [2.05, 4.69) is 5.10 Å². The number of carbonyl (C=O) groups is 1. The summed E-state index contributed by atoms with van der Waals surface area (Å²) >= 11 is 0. The highest BCUT2D eigenvalue weighted by Gasteiger charge is 2.20. The van der Waals surface area contributed by atoms with E-state index in [1.165, 1.54) is 4.68 Å². The van der Waals surface area contributed by atoms with Gasteiger partial charge in [0.2, 0.25) is 0 Å². The van der Waals surface area contributed by atoms with Gasteiger partial charge in [-0.1, -0.05) is 54.6 Å². The van der Waals surface area contributed by atoms with Crippen LogP contribution in [0.2, 0.25) is 0 Å². The van der Waals surface area contributed by atoms with Crippen molar-refractivity contribution in [1.82, 2.24) is 14.7 Å². The first kappa shape index (κ1) is 19.4. The van der Waals surface area contributed by atoms with Crippen LogP contribution in [0, 0.1) is 0 Å². The van der Waals surface area contributed by atoms with Gasteiger partial charge in [-0.3, -0.25) is 9.59 Å². The number of ether oxygens (including phenoxy) is 1. The van der Waals surface area contributed by atoms with Gasteiger partial charge in [-0.05, 0) is 23.8 Å². The van der Waals surface area contributed by atoms with Crippen molar-refractivity contribution in [3.05, 3.63) is 100 Å². The minimum absolute atomic E-state index is 0.228. The Kier molecular flexibility index (Phi) is 5.30. The Labute approximate surface area is 174 Å². The number of benzene rings is 3. The molecule has 0 atom stereocenters. The van der Waals surface area contributed by atoms with Gasteiger partial charge in [0, 0.05) is 25.0 Å². The highest BCUT2D eigenvalue weighted by atomic mass is 16.5. The molecule has 6 nitrogen and oxygen atoms in total. The average Bonchev–Trinajstić information content (AvgIpc) is 2.80. The van der Waals surface area contributed by atoms with E-state index in [1.54, 1.807) is 67.6 Å². The molecule has 30 heavy (non-hydrogen) atoms. The number of methoxy groups -OCH3 is 1. The Balaban J connectivity index is 1.83. The van der Waals surface area contributed by atoms with Gasteiger partial charge in [0.15, 0.2) is 5.69 Å². The van der Waals surface area contributed by atoms with E-state index >= 15 is 0 Å². The maximum atomic E-state index is 13.3. The van der Waals surface area contributed by atoms with E-state index in [9.17, 15) is 9.59 Å². The smallest absolute Gasteiger partial charge is 0.279 e. The molecule has 0 bridgehead atoms. The average molecular weight is 399 g/mol. The van der Waals surface area contributed by atoms with Crippen LogP contribution >= 0.6 is 0 Å². The van der Waals surface area contributed by atoms with E-state index < -0.39 is 0 Å². The largest absolute Gasteiger partial charge is 0.497 e. The quantitative estimate of drug-likeness (QED) is 0.514. The van der Waals surface area contributed by atoms with Gasteiger partial charge in [0.25, 0.3) is 11.5 Å². The lowest BCUT2D eigenvalue weighted by atomic mass is 10.1. The normalized spacial score (nSPS) is 10.7. The van der Waals surface area contributed by atoms with Crippen molar-refractivity contribution in [3.63, 3.8) is 0 Å². The van der Waals surface area contributed by atoms with Gasteiger partial charge in [0.1, 0.15) is 5.75 Å². The topological polar surface area (TPSA) is 64.4 Å². The standard InChI is InChI=1S/C24H21N3O3/c1-26(16-17-9-4-3-5-10-17)24(29)22-20-13-6-7-14-21(20)23(28)27(25-22)18-11-8-12-19(15-18)30-2/h3-15H,16H2,1-2H3. The van der Waals surface area contributed by atoms with Crippen molar-refractivity contribution in [2.45, 2.75) is 6.54 Å². The lowest BCUT2D eigenvalue weighted by Crippen LogP contribution is -2.31. The molecule has 0 spiro atoms. The summed E-state index contributed by atoms with van der Waals surface area (Å²) in [6.07, 6.45) is 0. The summed E-state index contributed by atoms with van der Waals surface area (Å²) in [5.74, 6) is 0.343. The van der Waals surface area contributed by atoms with Gasteiger partial charge in [-0.15, -0.1) is 0 Å². The maximum absolute atomic E-state index is 13.3. The van der Waals surface area contributed by atoms with Crippen molar-refractivity contribution in [3.8, 4) is 11.4 Å². The van der Waals surface area contributed by atoms with Gasteiger partial charge >= 0.3 is 0 Å². The maximum Gasteiger partial charge on any atom is 0.279 e. The van der Waals surface area contributed by atoms with Crippen LogP contribution in [0.3, 0.4) is 0 Å². The molecule has 3 aromatic carbocycles. The zero-order valence-electron chi connectivity index (χ0n) is 16.8. The third-order valence-corrected chi connectivity index (χ3v) is 4.91. The van der Waals surface area contributed by atoms with Crippen LogP contribution < -0.4 is 10.3 Å². The number of carbonyl (C=O) groups excluding carboxylic acids is 1. The van der Waals surface area contributed by atoms with Crippen LogP contribution in [0.15, 0.2) is 83.7 Å². The van der Waals surface area contributed by atoms with Crippen LogP contribution in [-0.4, -0.2) is 34.7 Å². The van der Waals surface area contributed by atoms with Gasteiger partial charge in [-0.25, -0.2) is 0 Å². The lowest BCUT2D eigenvalue weighted by Gasteiger charge is -2.18. The van der Waals surface area contributed by atoms with Crippen molar-refractivity contribution >= 4 is 16.7 Å². The fourth-order valence-corrected chi connectivity index (χ4v) is 3.37. The van der Waals surface area contributed by atoms with Crippen LogP contribution in [0.4, 0.5) is 0 Å². The summed E-state index contributed by atoms with van der Waals surface area (Å²) in [7, 11) is 3.29. The number of nitrogens with zero attached hydrogens (tertiary/aromatic N) is 3. The molecular formula is C24H21N3O3. The van der Waals surface area contributed by atoms with E-state index in [0.29, 0.717) is 28.8 Å². The van der Waals surface area contributed by atoms with E-state index in [1.807, 2.05) is 30.3 Å². The van der Waals surface area contributed by atoms with Crippen molar-refractivity contribution in [2.75, 3.05) is 14.2 Å². The molecule has 0 unspecified atom stereocenters. The number of aromatic nitrogens is 2. The molecule has 0 fully saturated rings. The van der Waals surface area contributed by atoms with Crippen LogP contribution in [0.25, 0.3) is 16.5 Å². The molecule has 4 aromatic rings. The Morgan fingerprint density at radius 1 is 0.967 bits per heavy atom. The van der Waals surface area contributed by atoms with Crippen molar-refractivity contribution in [2.24, 2.45) is 0 Å². The van der Waals surface area contributed by atoms with Gasteiger partial charge in [0.05, 0.1) is 18.2 Å². The Morgan fingerprint density at radius 2 is 1.67 bits per heavy atom. The van der Waals surface area contributed by atoms with Crippen molar-refractivity contribution in [1.29, 1.82) is 0 Å². The number of hydrogen-bond acceptors (Lipinski definition) is 4. The van der Waals surface area contributed by atoms with Gasteiger partial charge in [-0.2, -0.15) is 9.78 Å². The molecule has 0 radical (unpaired) electrons. The molecule has 4 rings (SSSR count). The minimum atomic E-state index is -0.291. The molecule has 0 aliphatic heterocycles. The van der Waals surface area contributed by atoms with E-state index in [4.69, 9.17) is 4.74 Å². The molecule has 1 heterocycles. The summed E-state index contributed by atoms with van der Waals surface area (Å²) < 4.78 is 6.53. The third kappa shape index (κ3) is 3.67. The first-order chi connectivity index (χ1) is 14.6. The predicted octanol–water partition coefficient (Wildman–Crippen LogP) is 3.67. The fraction of sp³-hybridized carbons (Fsp3) is 0.125. The minimum Gasteiger partial charge on any atom is -0.497 e. The van der Waals surface area contributed by atoms with Crippen LogP contribution in [-0.2, 0) is 6.54 Å². The SMILES string of the molecule is COc1cccc(-n2nc(C(=O)N(C)Cc3ccccc3)c3ccccc3c2=O)c1. The third-order valence-electron chi connectivity index (χ3n) is 4.91. The molecule has 0 N–H and O–H groups in total. The highest BCUT2D eigenvalue weighted by Crippen LogP contribution is 2.19. The Morgan fingerprint density at radius 3 is 2.40 bits per heavy atom. The first-order valence-electron chi connectivity index (χ1n) is 9.54. The van der Waals surface area contributed by atoms with Crippen molar-refractivity contribution < 1.29 is 9.53 Å². The zero-order valence-corrected chi connectivity index (χ0v) is 16.8. The monoisotopic (exact) mass is 399 g/mol. The lowest BCUT2D eigenvalue weighted by molar-refractivity contribution is 0.0779. The molecule has 0 saturated heterocycles. The number of amides is 1. The molecule has 6 heteroatoms. The fourth-order valence-electron chi connectivity index (χ4n) is 3.37. The zero-order chi connectivity index (χ0) is 21.1.